The molecule has 0 aromatic rings. The summed E-state index contributed by atoms with van der Waals surface area (Å²) in [6.07, 6.45) is 5.18. The van der Waals surface area contributed by atoms with Gasteiger partial charge in [-0.1, -0.05) is 19.3 Å². The van der Waals surface area contributed by atoms with Crippen LogP contribution in [0.3, 0.4) is 0 Å². The van der Waals surface area contributed by atoms with E-state index in [1.165, 1.54) is 0 Å². The standard InChI is InChI=1S/C20H33N3O5/c24-17(14-20(15-19(26)27)4-2-1-3-5-20)22-6-8-23(9-7-22)18(25)16-21-10-12-28-13-11-21/h1-16H2,(H,26,27). The Kier molecular flexibility index (Phi) is 7.29. The van der Waals surface area contributed by atoms with Gasteiger partial charge in [0.15, 0.2) is 0 Å². The Balaban J connectivity index is 1.47. The van der Waals surface area contributed by atoms with Gasteiger partial charge in [0, 0.05) is 45.7 Å². The molecule has 0 unspecified atom stereocenters. The molecule has 8 nitrogen and oxygen atoms in total. The maximum atomic E-state index is 12.9. The van der Waals surface area contributed by atoms with Gasteiger partial charge in [0.05, 0.1) is 26.2 Å². The number of amides is 2. The molecule has 3 aliphatic rings. The van der Waals surface area contributed by atoms with E-state index in [1.807, 2.05) is 9.80 Å². The second kappa shape index (κ2) is 9.69. The van der Waals surface area contributed by atoms with Gasteiger partial charge >= 0.3 is 5.97 Å². The highest BCUT2D eigenvalue weighted by atomic mass is 16.5. The third kappa shape index (κ3) is 5.67. The summed E-state index contributed by atoms with van der Waals surface area (Å²) in [5.41, 5.74) is -0.384. The summed E-state index contributed by atoms with van der Waals surface area (Å²) in [5.74, 6) is -0.653. The van der Waals surface area contributed by atoms with Gasteiger partial charge in [0.25, 0.3) is 0 Å². The normalized spacial score (nSPS) is 23.4. The number of rotatable bonds is 6. The van der Waals surface area contributed by atoms with E-state index in [0.29, 0.717) is 52.4 Å². The minimum atomic E-state index is -0.812. The van der Waals surface area contributed by atoms with Gasteiger partial charge in [0.2, 0.25) is 11.8 Å². The summed E-state index contributed by atoms with van der Waals surface area (Å²) >= 11 is 0. The Morgan fingerprint density at radius 1 is 0.786 bits per heavy atom. The zero-order valence-corrected chi connectivity index (χ0v) is 16.7. The van der Waals surface area contributed by atoms with E-state index < -0.39 is 5.97 Å². The van der Waals surface area contributed by atoms with Crippen molar-refractivity contribution in [2.45, 2.75) is 44.9 Å². The fourth-order valence-electron chi connectivity index (χ4n) is 4.73. The highest BCUT2D eigenvalue weighted by molar-refractivity contribution is 5.80. The molecule has 2 aliphatic heterocycles. The van der Waals surface area contributed by atoms with Crippen LogP contribution in [0.2, 0.25) is 0 Å². The third-order valence-electron chi connectivity index (χ3n) is 6.41. The lowest BCUT2D eigenvalue weighted by Crippen LogP contribution is -2.54. The number of carboxylic acid groups (broad SMARTS) is 1. The van der Waals surface area contributed by atoms with E-state index in [4.69, 9.17) is 4.74 Å². The number of ether oxygens (including phenoxy) is 1. The summed E-state index contributed by atoms with van der Waals surface area (Å²) in [4.78, 5) is 42.5. The molecule has 0 bridgehead atoms. The molecule has 2 heterocycles. The highest BCUT2D eigenvalue weighted by Gasteiger charge is 2.38. The molecule has 1 aliphatic carbocycles. The van der Waals surface area contributed by atoms with Crippen LogP contribution in [0.5, 0.6) is 0 Å². The van der Waals surface area contributed by atoms with Crippen molar-refractivity contribution < 1.29 is 24.2 Å². The molecule has 3 fully saturated rings. The van der Waals surface area contributed by atoms with Crippen LogP contribution in [0.4, 0.5) is 0 Å². The molecule has 2 saturated heterocycles. The van der Waals surface area contributed by atoms with Gasteiger partial charge < -0.3 is 19.6 Å². The molecule has 28 heavy (non-hydrogen) atoms. The van der Waals surface area contributed by atoms with E-state index >= 15 is 0 Å². The summed E-state index contributed by atoms with van der Waals surface area (Å²) in [6.45, 7) is 5.53. The predicted octanol–water partition coefficient (Wildman–Crippen LogP) is 0.805. The van der Waals surface area contributed by atoms with Gasteiger partial charge in [-0.05, 0) is 18.3 Å². The van der Waals surface area contributed by atoms with Crippen molar-refractivity contribution in [3.63, 3.8) is 0 Å². The number of morpholine rings is 1. The van der Waals surface area contributed by atoms with Gasteiger partial charge in [-0.2, -0.15) is 0 Å². The van der Waals surface area contributed by atoms with Crippen molar-refractivity contribution in [3.05, 3.63) is 0 Å². The van der Waals surface area contributed by atoms with Crippen molar-refractivity contribution in [2.75, 3.05) is 59.0 Å². The van der Waals surface area contributed by atoms with Gasteiger partial charge in [-0.15, -0.1) is 0 Å². The second-order valence-corrected chi connectivity index (χ2v) is 8.46. The topological polar surface area (TPSA) is 90.4 Å². The monoisotopic (exact) mass is 395 g/mol. The molecule has 0 aromatic heterocycles. The number of aliphatic carboxylic acids is 1. The third-order valence-corrected chi connectivity index (χ3v) is 6.41. The Morgan fingerprint density at radius 2 is 1.36 bits per heavy atom. The first-order valence-electron chi connectivity index (χ1n) is 10.5. The lowest BCUT2D eigenvalue weighted by Gasteiger charge is -2.40. The molecule has 1 saturated carbocycles. The Bertz CT molecular complexity index is 562. The minimum Gasteiger partial charge on any atom is -0.481 e. The largest absolute Gasteiger partial charge is 0.481 e. The SMILES string of the molecule is O=C(O)CC1(CC(=O)N2CCN(C(=O)CN3CCOCC3)CC2)CCCCC1. The first-order valence-corrected chi connectivity index (χ1v) is 10.5. The molecule has 3 rings (SSSR count). The van der Waals surface area contributed by atoms with Crippen LogP contribution in [-0.4, -0.2) is 96.6 Å². The van der Waals surface area contributed by atoms with Crippen LogP contribution in [0.25, 0.3) is 0 Å². The van der Waals surface area contributed by atoms with Crippen LogP contribution in [-0.2, 0) is 19.1 Å². The maximum absolute atomic E-state index is 12.9. The minimum absolute atomic E-state index is 0.0448. The number of piperazine rings is 1. The van der Waals surface area contributed by atoms with Crippen LogP contribution in [0.15, 0.2) is 0 Å². The number of carbonyl (C=O) groups is 3. The molecule has 158 valence electrons. The maximum Gasteiger partial charge on any atom is 0.303 e. The highest BCUT2D eigenvalue weighted by Crippen LogP contribution is 2.42. The number of carbonyl (C=O) groups excluding carboxylic acids is 2. The van der Waals surface area contributed by atoms with Crippen molar-refractivity contribution >= 4 is 17.8 Å². The fourth-order valence-corrected chi connectivity index (χ4v) is 4.73. The van der Waals surface area contributed by atoms with Crippen molar-refractivity contribution in [2.24, 2.45) is 5.41 Å². The number of nitrogens with zero attached hydrogens (tertiary/aromatic N) is 3. The van der Waals surface area contributed by atoms with Crippen LogP contribution in [0.1, 0.15) is 44.9 Å². The number of hydrogen-bond acceptors (Lipinski definition) is 5. The Labute approximate surface area is 166 Å². The number of carboxylic acids is 1. The first-order chi connectivity index (χ1) is 13.5. The zero-order chi connectivity index (χ0) is 20.0. The Hall–Kier alpha value is -1.67. The van der Waals surface area contributed by atoms with E-state index in [1.54, 1.807) is 0 Å². The van der Waals surface area contributed by atoms with E-state index in [2.05, 4.69) is 4.90 Å². The average Bonchev–Trinajstić information content (AvgIpc) is 2.69. The Morgan fingerprint density at radius 3 is 1.93 bits per heavy atom. The van der Waals surface area contributed by atoms with E-state index in [0.717, 1.165) is 45.2 Å². The zero-order valence-electron chi connectivity index (χ0n) is 16.7. The van der Waals surface area contributed by atoms with Crippen LogP contribution >= 0.6 is 0 Å². The summed E-state index contributed by atoms with van der Waals surface area (Å²) < 4.78 is 5.31. The van der Waals surface area contributed by atoms with Gasteiger partial charge in [-0.25, -0.2) is 0 Å². The van der Waals surface area contributed by atoms with Crippen molar-refractivity contribution in [1.29, 1.82) is 0 Å². The molecular formula is C20H33N3O5. The summed E-state index contributed by atoms with van der Waals surface area (Å²) in [6, 6.07) is 0. The lowest BCUT2D eigenvalue weighted by atomic mass is 9.69. The quantitative estimate of drug-likeness (QED) is 0.716. The van der Waals surface area contributed by atoms with Crippen LogP contribution < -0.4 is 0 Å². The summed E-state index contributed by atoms with van der Waals surface area (Å²) in [5, 5.41) is 9.30. The molecule has 2 amide bonds. The molecule has 8 heteroatoms. The molecule has 0 aromatic carbocycles. The second-order valence-electron chi connectivity index (χ2n) is 8.46. The smallest absolute Gasteiger partial charge is 0.303 e. The molecular weight excluding hydrogens is 362 g/mol. The van der Waals surface area contributed by atoms with E-state index in [9.17, 15) is 19.5 Å². The molecule has 1 N–H and O–H groups in total. The number of hydrogen-bond donors (Lipinski definition) is 1. The average molecular weight is 396 g/mol. The molecule has 0 radical (unpaired) electrons. The molecule has 0 spiro atoms. The van der Waals surface area contributed by atoms with Crippen LogP contribution in [0, 0.1) is 5.41 Å². The fraction of sp³-hybridized carbons (Fsp3) is 0.850. The van der Waals surface area contributed by atoms with Crippen molar-refractivity contribution in [3.8, 4) is 0 Å². The predicted molar refractivity (Wildman–Crippen MR) is 103 cm³/mol. The lowest BCUT2D eigenvalue weighted by molar-refractivity contribution is -0.145. The first kappa shape index (κ1) is 21.0. The van der Waals surface area contributed by atoms with Crippen molar-refractivity contribution in [1.82, 2.24) is 14.7 Å². The molecule has 0 atom stereocenters. The van der Waals surface area contributed by atoms with Gasteiger partial charge in [-0.3, -0.25) is 19.3 Å². The van der Waals surface area contributed by atoms with E-state index in [-0.39, 0.29) is 23.7 Å². The summed E-state index contributed by atoms with van der Waals surface area (Å²) in [7, 11) is 0. The van der Waals surface area contributed by atoms with Gasteiger partial charge in [0.1, 0.15) is 0 Å².